The Morgan fingerprint density at radius 1 is 1.45 bits per heavy atom. The summed E-state index contributed by atoms with van der Waals surface area (Å²) in [6.07, 6.45) is 1.57. The molecule has 1 heterocycles. The van der Waals surface area contributed by atoms with Crippen LogP contribution in [0, 0.1) is 5.82 Å². The van der Waals surface area contributed by atoms with Crippen molar-refractivity contribution >= 4 is 16.0 Å². The van der Waals surface area contributed by atoms with Gasteiger partial charge in [0, 0.05) is 19.1 Å². The lowest BCUT2D eigenvalue weighted by Crippen LogP contribution is -2.47. The monoisotopic (exact) mass is 330 g/mol. The standard InChI is InChI=1S/C14H19FN2O4S/c1-16-10-5-4-8-17(9-10)22(19,20)12-7-3-6-11(15)13(12)14(18)21-2/h3,6-7,10,16H,4-5,8-9H2,1-2H3. The van der Waals surface area contributed by atoms with Gasteiger partial charge in [0.2, 0.25) is 10.0 Å². The molecule has 0 aromatic heterocycles. The third kappa shape index (κ3) is 3.13. The smallest absolute Gasteiger partial charge is 0.342 e. The molecule has 1 unspecified atom stereocenters. The van der Waals surface area contributed by atoms with E-state index in [0.29, 0.717) is 13.0 Å². The van der Waals surface area contributed by atoms with Gasteiger partial charge in [-0.15, -0.1) is 0 Å². The predicted octanol–water partition coefficient (Wildman–Crippen LogP) is 0.985. The number of hydrogen-bond acceptors (Lipinski definition) is 5. The molecular formula is C14H19FN2O4S. The molecule has 1 saturated heterocycles. The van der Waals surface area contributed by atoms with Gasteiger partial charge in [0.1, 0.15) is 11.4 Å². The molecule has 1 aliphatic heterocycles. The zero-order valence-corrected chi connectivity index (χ0v) is 13.3. The minimum absolute atomic E-state index is 0.0404. The van der Waals surface area contributed by atoms with Crippen LogP contribution in [0.25, 0.3) is 0 Å². The Morgan fingerprint density at radius 3 is 2.82 bits per heavy atom. The van der Waals surface area contributed by atoms with Gasteiger partial charge in [0.15, 0.2) is 0 Å². The molecule has 0 aliphatic carbocycles. The van der Waals surface area contributed by atoms with E-state index in [1.807, 2.05) is 0 Å². The quantitative estimate of drug-likeness (QED) is 0.833. The van der Waals surface area contributed by atoms with E-state index in [4.69, 9.17) is 0 Å². The summed E-state index contributed by atoms with van der Waals surface area (Å²) in [4.78, 5) is 11.4. The van der Waals surface area contributed by atoms with Crippen molar-refractivity contribution in [1.29, 1.82) is 0 Å². The summed E-state index contributed by atoms with van der Waals surface area (Å²) in [5.41, 5.74) is -0.545. The van der Waals surface area contributed by atoms with Crippen molar-refractivity contribution in [3.05, 3.63) is 29.6 Å². The highest BCUT2D eigenvalue weighted by atomic mass is 32.2. The van der Waals surface area contributed by atoms with Gasteiger partial charge in [-0.25, -0.2) is 17.6 Å². The van der Waals surface area contributed by atoms with Crippen LogP contribution in [0.3, 0.4) is 0 Å². The van der Waals surface area contributed by atoms with Crippen molar-refractivity contribution in [2.24, 2.45) is 0 Å². The van der Waals surface area contributed by atoms with Gasteiger partial charge >= 0.3 is 5.97 Å². The summed E-state index contributed by atoms with van der Waals surface area (Å²) in [5.74, 6) is -1.91. The normalized spacial score (nSPS) is 19.9. The molecule has 0 radical (unpaired) electrons. The molecule has 2 rings (SSSR count). The first kappa shape index (κ1) is 16.9. The zero-order chi connectivity index (χ0) is 16.3. The maximum absolute atomic E-state index is 13.9. The van der Waals surface area contributed by atoms with E-state index < -0.39 is 27.4 Å². The van der Waals surface area contributed by atoms with Crippen LogP contribution in [-0.2, 0) is 14.8 Å². The number of ether oxygens (including phenoxy) is 1. The van der Waals surface area contributed by atoms with Gasteiger partial charge < -0.3 is 10.1 Å². The maximum Gasteiger partial charge on any atom is 0.342 e. The van der Waals surface area contributed by atoms with E-state index in [-0.39, 0.29) is 17.5 Å². The Hall–Kier alpha value is -1.51. The molecule has 22 heavy (non-hydrogen) atoms. The number of benzene rings is 1. The third-order valence-corrected chi connectivity index (χ3v) is 5.68. The van der Waals surface area contributed by atoms with Gasteiger partial charge in [-0.2, -0.15) is 4.31 Å². The highest BCUT2D eigenvalue weighted by Gasteiger charge is 2.34. The van der Waals surface area contributed by atoms with Crippen LogP contribution in [0.4, 0.5) is 4.39 Å². The van der Waals surface area contributed by atoms with Crippen LogP contribution >= 0.6 is 0 Å². The summed E-state index contributed by atoms with van der Waals surface area (Å²) < 4.78 is 45.2. The Labute approximate surface area is 129 Å². The van der Waals surface area contributed by atoms with Crippen LogP contribution in [-0.4, -0.2) is 52.0 Å². The second kappa shape index (κ2) is 6.72. The number of esters is 1. The number of rotatable bonds is 4. The number of likely N-dealkylation sites (N-methyl/N-ethyl adjacent to an activating group) is 1. The number of halogens is 1. The number of nitrogens with zero attached hydrogens (tertiary/aromatic N) is 1. The molecule has 0 amide bonds. The summed E-state index contributed by atoms with van der Waals surface area (Å²) in [6, 6.07) is 3.58. The first-order valence-electron chi connectivity index (χ1n) is 6.96. The molecule has 0 spiro atoms. The van der Waals surface area contributed by atoms with Gasteiger partial charge in [0.05, 0.1) is 12.0 Å². The minimum atomic E-state index is -3.96. The first-order chi connectivity index (χ1) is 10.4. The predicted molar refractivity (Wildman–Crippen MR) is 78.6 cm³/mol. The zero-order valence-electron chi connectivity index (χ0n) is 12.5. The number of piperidine rings is 1. The number of carbonyl (C=O) groups excluding carboxylic acids is 1. The first-order valence-corrected chi connectivity index (χ1v) is 8.40. The van der Waals surface area contributed by atoms with Gasteiger partial charge in [-0.05, 0) is 32.0 Å². The molecule has 8 heteroatoms. The second-order valence-corrected chi connectivity index (χ2v) is 7.00. The average Bonchev–Trinajstić information content (AvgIpc) is 2.53. The number of hydrogen-bond donors (Lipinski definition) is 1. The lowest BCUT2D eigenvalue weighted by molar-refractivity contribution is 0.0590. The van der Waals surface area contributed by atoms with Crippen molar-refractivity contribution in [3.8, 4) is 0 Å². The molecule has 1 aliphatic rings. The van der Waals surface area contributed by atoms with E-state index in [9.17, 15) is 17.6 Å². The van der Waals surface area contributed by atoms with Crippen molar-refractivity contribution < 1.29 is 22.3 Å². The second-order valence-electron chi connectivity index (χ2n) is 5.10. The third-order valence-electron chi connectivity index (χ3n) is 3.78. The van der Waals surface area contributed by atoms with Gasteiger partial charge in [0.25, 0.3) is 0 Å². The van der Waals surface area contributed by atoms with E-state index in [1.165, 1.54) is 16.4 Å². The molecular weight excluding hydrogens is 311 g/mol. The molecule has 1 atom stereocenters. The summed E-state index contributed by atoms with van der Waals surface area (Å²) >= 11 is 0. The van der Waals surface area contributed by atoms with Crippen LogP contribution in [0.15, 0.2) is 23.1 Å². The van der Waals surface area contributed by atoms with Crippen molar-refractivity contribution in [2.45, 2.75) is 23.8 Å². The van der Waals surface area contributed by atoms with Crippen molar-refractivity contribution in [3.63, 3.8) is 0 Å². The van der Waals surface area contributed by atoms with Crippen LogP contribution in [0.1, 0.15) is 23.2 Å². The minimum Gasteiger partial charge on any atom is -0.465 e. The highest BCUT2D eigenvalue weighted by molar-refractivity contribution is 7.89. The molecule has 1 aromatic carbocycles. The highest BCUT2D eigenvalue weighted by Crippen LogP contribution is 2.25. The van der Waals surface area contributed by atoms with Crippen LogP contribution in [0.5, 0.6) is 0 Å². The topological polar surface area (TPSA) is 75.7 Å². The largest absolute Gasteiger partial charge is 0.465 e. The fourth-order valence-corrected chi connectivity index (χ4v) is 4.27. The fraction of sp³-hybridized carbons (Fsp3) is 0.500. The van der Waals surface area contributed by atoms with E-state index in [1.54, 1.807) is 7.05 Å². The van der Waals surface area contributed by atoms with E-state index >= 15 is 0 Å². The molecule has 0 bridgehead atoms. The van der Waals surface area contributed by atoms with Gasteiger partial charge in [-0.1, -0.05) is 6.07 Å². The molecule has 1 aromatic rings. The SMILES string of the molecule is CNC1CCCN(S(=O)(=O)c2cccc(F)c2C(=O)OC)C1. The summed E-state index contributed by atoms with van der Waals surface area (Å²) in [5, 5.41) is 3.05. The maximum atomic E-state index is 13.9. The molecule has 6 nitrogen and oxygen atoms in total. The molecule has 1 fully saturated rings. The van der Waals surface area contributed by atoms with Crippen LogP contribution < -0.4 is 5.32 Å². The Bertz CT molecular complexity index is 663. The van der Waals surface area contributed by atoms with E-state index in [0.717, 1.165) is 19.6 Å². The molecule has 0 saturated carbocycles. The number of methoxy groups -OCH3 is 1. The van der Waals surface area contributed by atoms with E-state index in [2.05, 4.69) is 10.1 Å². The fourth-order valence-electron chi connectivity index (χ4n) is 2.55. The Kier molecular flexibility index (Phi) is 5.15. The Balaban J connectivity index is 2.46. The summed E-state index contributed by atoms with van der Waals surface area (Å²) in [7, 11) is -1.11. The van der Waals surface area contributed by atoms with Gasteiger partial charge in [-0.3, -0.25) is 0 Å². The molecule has 1 N–H and O–H groups in total. The van der Waals surface area contributed by atoms with Crippen molar-refractivity contribution in [2.75, 3.05) is 27.2 Å². The number of nitrogens with one attached hydrogen (secondary N) is 1. The Morgan fingerprint density at radius 2 is 2.18 bits per heavy atom. The summed E-state index contributed by atoms with van der Waals surface area (Å²) in [6.45, 7) is 0.633. The lowest BCUT2D eigenvalue weighted by Gasteiger charge is -2.32. The molecule has 122 valence electrons. The van der Waals surface area contributed by atoms with Crippen LogP contribution in [0.2, 0.25) is 0 Å². The number of carbonyl (C=O) groups is 1. The average molecular weight is 330 g/mol. The lowest BCUT2D eigenvalue weighted by atomic mass is 10.1. The van der Waals surface area contributed by atoms with Crippen molar-refractivity contribution in [1.82, 2.24) is 9.62 Å². The number of sulfonamides is 1.